The van der Waals surface area contributed by atoms with Gasteiger partial charge >= 0.3 is 17.8 Å². The second-order valence-electron chi connectivity index (χ2n) is 6.02. The molecule has 3 rings (SSSR count). The Labute approximate surface area is 177 Å². The molecule has 0 spiro atoms. The maximum absolute atomic E-state index is 12.0. The van der Waals surface area contributed by atoms with Crippen LogP contribution in [0.15, 0.2) is 76.4 Å². The first-order valence-corrected chi connectivity index (χ1v) is 9.28. The monoisotopic (exact) mass is 421 g/mol. The van der Waals surface area contributed by atoms with Crippen molar-refractivity contribution in [3.05, 3.63) is 78.3 Å². The highest BCUT2D eigenvalue weighted by molar-refractivity contribution is 6.39. The summed E-state index contributed by atoms with van der Waals surface area (Å²) in [6, 6.07) is 16.2. The van der Waals surface area contributed by atoms with Crippen LogP contribution in [0.1, 0.15) is 23.0 Å². The molecule has 3 aromatic rings. The Hall–Kier alpha value is -4.40. The van der Waals surface area contributed by atoms with Crippen molar-refractivity contribution in [1.29, 1.82) is 0 Å². The largest absolute Gasteiger partial charge is 0.492 e. The topological polar surface area (TPSA) is 119 Å². The molecule has 0 saturated carbocycles. The van der Waals surface area contributed by atoms with E-state index in [1.54, 1.807) is 54.6 Å². The zero-order valence-corrected chi connectivity index (χ0v) is 16.5. The molecule has 2 amide bonds. The van der Waals surface area contributed by atoms with Crippen molar-refractivity contribution >= 4 is 29.7 Å². The fourth-order valence-corrected chi connectivity index (χ4v) is 2.42. The highest BCUT2D eigenvalue weighted by Gasteiger charge is 2.15. The summed E-state index contributed by atoms with van der Waals surface area (Å²) in [6.45, 7) is 2.24. The van der Waals surface area contributed by atoms with Crippen molar-refractivity contribution in [1.82, 2.24) is 5.43 Å². The van der Waals surface area contributed by atoms with Gasteiger partial charge in [0.15, 0.2) is 0 Å². The predicted molar refractivity (Wildman–Crippen MR) is 112 cm³/mol. The van der Waals surface area contributed by atoms with E-state index in [0.717, 1.165) is 0 Å². The van der Waals surface area contributed by atoms with Crippen molar-refractivity contribution in [3.8, 4) is 11.5 Å². The van der Waals surface area contributed by atoms with Crippen molar-refractivity contribution in [2.24, 2.45) is 5.10 Å². The summed E-state index contributed by atoms with van der Waals surface area (Å²) in [5.74, 6) is -1.57. The Morgan fingerprint density at radius 3 is 2.48 bits per heavy atom. The van der Waals surface area contributed by atoms with Crippen LogP contribution < -0.4 is 20.2 Å². The number of hydrogen-bond acceptors (Lipinski definition) is 7. The summed E-state index contributed by atoms with van der Waals surface area (Å²) in [5.41, 5.74) is 3.14. The SMILES string of the molecule is CCOc1ccccc1NC(=O)C(=O)NN=Cc1ccc(OC(=O)c2ccco2)cc1. The van der Waals surface area contributed by atoms with E-state index in [4.69, 9.17) is 13.9 Å². The van der Waals surface area contributed by atoms with Gasteiger partial charge in [-0.2, -0.15) is 5.10 Å². The van der Waals surface area contributed by atoms with E-state index in [9.17, 15) is 14.4 Å². The van der Waals surface area contributed by atoms with Gasteiger partial charge in [-0.15, -0.1) is 0 Å². The van der Waals surface area contributed by atoms with E-state index >= 15 is 0 Å². The lowest BCUT2D eigenvalue weighted by molar-refractivity contribution is -0.136. The fourth-order valence-electron chi connectivity index (χ4n) is 2.42. The number of carbonyl (C=O) groups is 3. The number of carbonyl (C=O) groups excluding carboxylic acids is 3. The molecule has 9 nitrogen and oxygen atoms in total. The molecular formula is C22H19N3O6. The van der Waals surface area contributed by atoms with E-state index in [1.807, 2.05) is 6.92 Å². The molecular weight excluding hydrogens is 402 g/mol. The third-order valence-corrected chi connectivity index (χ3v) is 3.83. The minimum Gasteiger partial charge on any atom is -0.492 e. The number of ether oxygens (including phenoxy) is 2. The van der Waals surface area contributed by atoms with E-state index in [-0.39, 0.29) is 5.76 Å². The van der Waals surface area contributed by atoms with Gasteiger partial charge in [0.05, 0.1) is 24.8 Å². The standard InChI is InChI=1S/C22H19N3O6/c1-2-29-18-7-4-3-6-17(18)24-20(26)21(27)25-23-14-15-9-11-16(12-10-15)31-22(28)19-8-5-13-30-19/h3-14H,2H2,1H3,(H,24,26)(H,25,27). The summed E-state index contributed by atoms with van der Waals surface area (Å²) >= 11 is 0. The molecule has 2 N–H and O–H groups in total. The third-order valence-electron chi connectivity index (χ3n) is 3.83. The quantitative estimate of drug-likeness (QED) is 0.199. The van der Waals surface area contributed by atoms with Crippen LogP contribution in [0, 0.1) is 0 Å². The van der Waals surface area contributed by atoms with Crippen LogP contribution in [0.5, 0.6) is 11.5 Å². The van der Waals surface area contributed by atoms with Crippen LogP contribution in [0.2, 0.25) is 0 Å². The van der Waals surface area contributed by atoms with Gasteiger partial charge in [-0.1, -0.05) is 12.1 Å². The highest BCUT2D eigenvalue weighted by Crippen LogP contribution is 2.23. The number of nitrogens with one attached hydrogen (secondary N) is 2. The summed E-state index contributed by atoms with van der Waals surface area (Å²) in [5, 5.41) is 6.23. The average Bonchev–Trinajstić information content (AvgIpc) is 3.31. The molecule has 0 unspecified atom stereocenters. The minimum absolute atomic E-state index is 0.0931. The maximum atomic E-state index is 12.0. The Morgan fingerprint density at radius 1 is 1.00 bits per heavy atom. The Bertz CT molecular complexity index is 1070. The molecule has 1 heterocycles. The number of furan rings is 1. The summed E-state index contributed by atoms with van der Waals surface area (Å²) in [7, 11) is 0. The lowest BCUT2D eigenvalue weighted by Gasteiger charge is -2.10. The minimum atomic E-state index is -0.938. The fraction of sp³-hybridized carbons (Fsp3) is 0.0909. The second kappa shape index (κ2) is 10.4. The van der Waals surface area contributed by atoms with Crippen molar-refractivity contribution in [3.63, 3.8) is 0 Å². The molecule has 0 radical (unpaired) electrons. The van der Waals surface area contributed by atoms with Crippen LogP contribution in [0.3, 0.4) is 0 Å². The third kappa shape index (κ3) is 6.04. The van der Waals surface area contributed by atoms with Crippen LogP contribution in [-0.2, 0) is 9.59 Å². The Morgan fingerprint density at radius 2 is 1.77 bits per heavy atom. The molecule has 0 saturated heterocycles. The van der Waals surface area contributed by atoms with Crippen LogP contribution in [0.4, 0.5) is 5.69 Å². The van der Waals surface area contributed by atoms with Gasteiger partial charge in [0.2, 0.25) is 5.76 Å². The molecule has 2 aromatic carbocycles. The molecule has 0 fully saturated rings. The first-order chi connectivity index (χ1) is 15.1. The summed E-state index contributed by atoms with van der Waals surface area (Å²) < 4.78 is 15.5. The average molecular weight is 421 g/mol. The molecule has 0 aliphatic rings. The highest BCUT2D eigenvalue weighted by atomic mass is 16.5. The molecule has 0 aliphatic heterocycles. The molecule has 9 heteroatoms. The first-order valence-electron chi connectivity index (χ1n) is 9.28. The molecule has 0 atom stereocenters. The van der Waals surface area contributed by atoms with Crippen LogP contribution in [-0.4, -0.2) is 30.6 Å². The Balaban J connectivity index is 1.51. The van der Waals surface area contributed by atoms with Gasteiger partial charge in [-0.25, -0.2) is 10.2 Å². The van der Waals surface area contributed by atoms with Gasteiger partial charge in [0.25, 0.3) is 0 Å². The van der Waals surface area contributed by atoms with Crippen molar-refractivity contribution < 1.29 is 28.3 Å². The first kappa shape index (κ1) is 21.3. The summed E-state index contributed by atoms with van der Waals surface area (Å²) in [6.07, 6.45) is 2.72. The van der Waals surface area contributed by atoms with Crippen LogP contribution >= 0.6 is 0 Å². The normalized spacial score (nSPS) is 10.5. The van der Waals surface area contributed by atoms with Crippen LogP contribution in [0.25, 0.3) is 0 Å². The van der Waals surface area contributed by atoms with Crippen molar-refractivity contribution in [2.45, 2.75) is 6.92 Å². The Kier molecular flexibility index (Phi) is 7.15. The lowest BCUT2D eigenvalue weighted by Crippen LogP contribution is -2.32. The number of esters is 1. The number of para-hydroxylation sites is 2. The van der Waals surface area contributed by atoms with Gasteiger partial charge in [0.1, 0.15) is 11.5 Å². The van der Waals surface area contributed by atoms with Gasteiger partial charge in [0, 0.05) is 0 Å². The molecule has 0 aliphatic carbocycles. The zero-order chi connectivity index (χ0) is 22.1. The number of rotatable bonds is 7. The van der Waals surface area contributed by atoms with E-state index in [1.165, 1.54) is 18.5 Å². The van der Waals surface area contributed by atoms with E-state index in [2.05, 4.69) is 15.8 Å². The van der Waals surface area contributed by atoms with Gasteiger partial charge in [-0.3, -0.25) is 9.59 Å². The molecule has 31 heavy (non-hydrogen) atoms. The number of anilines is 1. The summed E-state index contributed by atoms with van der Waals surface area (Å²) in [4.78, 5) is 35.8. The number of amides is 2. The van der Waals surface area contributed by atoms with Gasteiger partial charge in [-0.05, 0) is 61.0 Å². The molecule has 158 valence electrons. The smallest absolute Gasteiger partial charge is 0.379 e. The van der Waals surface area contributed by atoms with Crippen molar-refractivity contribution in [2.75, 3.05) is 11.9 Å². The lowest BCUT2D eigenvalue weighted by atomic mass is 10.2. The number of nitrogens with zero attached hydrogens (tertiary/aromatic N) is 1. The van der Waals surface area contributed by atoms with E-state index < -0.39 is 17.8 Å². The number of benzene rings is 2. The number of hydrogen-bond donors (Lipinski definition) is 2. The maximum Gasteiger partial charge on any atom is 0.379 e. The molecule has 0 bridgehead atoms. The van der Waals surface area contributed by atoms with Gasteiger partial charge < -0.3 is 19.2 Å². The van der Waals surface area contributed by atoms with E-state index in [0.29, 0.717) is 29.4 Å². The zero-order valence-electron chi connectivity index (χ0n) is 16.5. The second-order valence-corrected chi connectivity index (χ2v) is 6.02. The molecule has 1 aromatic heterocycles. The predicted octanol–water partition coefficient (Wildman–Crippen LogP) is 2.99. The number of hydrazone groups is 1.